The molecule has 94 valence electrons. The first kappa shape index (κ1) is 11.9. The van der Waals surface area contributed by atoms with Crippen LogP contribution in [-0.4, -0.2) is 20.5 Å². The first-order chi connectivity index (χ1) is 9.15. The van der Waals surface area contributed by atoms with Crippen LogP contribution in [-0.2, 0) is 0 Å². The minimum Gasteiger partial charge on any atom is -0.478 e. The molecule has 0 amide bonds. The van der Waals surface area contributed by atoms with Crippen molar-refractivity contribution in [2.75, 3.05) is 0 Å². The lowest BCUT2D eigenvalue weighted by molar-refractivity contribution is 0.0697. The number of halogens is 1. The normalized spacial score (nSPS) is 10.8. The highest BCUT2D eigenvalue weighted by atomic mass is 79.9. The molecule has 3 rings (SSSR count). The zero-order valence-electron chi connectivity index (χ0n) is 9.75. The summed E-state index contributed by atoms with van der Waals surface area (Å²) in [6.07, 6.45) is 3.71. The lowest BCUT2D eigenvalue weighted by atomic mass is 10.1. The molecular weight excluding hydrogens is 308 g/mol. The monoisotopic (exact) mass is 316 g/mol. The Kier molecular flexibility index (Phi) is 2.83. The average Bonchev–Trinajstić information content (AvgIpc) is 2.81. The van der Waals surface area contributed by atoms with E-state index in [4.69, 9.17) is 5.11 Å². The van der Waals surface area contributed by atoms with E-state index >= 15 is 0 Å². The maximum atomic E-state index is 10.8. The first-order valence-corrected chi connectivity index (χ1v) is 6.41. The van der Waals surface area contributed by atoms with Gasteiger partial charge in [0.25, 0.3) is 0 Å². The molecule has 1 aromatic carbocycles. The highest BCUT2D eigenvalue weighted by molar-refractivity contribution is 9.10. The number of hydrogen-bond acceptors (Lipinski definition) is 2. The second kappa shape index (κ2) is 4.51. The number of imidazole rings is 1. The number of carboxylic acid groups (broad SMARTS) is 1. The van der Waals surface area contributed by atoms with Crippen LogP contribution >= 0.6 is 15.9 Å². The Morgan fingerprint density at radius 3 is 2.63 bits per heavy atom. The van der Waals surface area contributed by atoms with E-state index < -0.39 is 5.97 Å². The van der Waals surface area contributed by atoms with E-state index in [-0.39, 0.29) is 5.56 Å². The Morgan fingerprint density at radius 1 is 1.21 bits per heavy atom. The van der Waals surface area contributed by atoms with Crippen molar-refractivity contribution in [2.45, 2.75) is 0 Å². The number of pyridine rings is 1. The van der Waals surface area contributed by atoms with Gasteiger partial charge >= 0.3 is 5.97 Å². The second-order valence-electron chi connectivity index (χ2n) is 4.10. The molecular formula is C14H9BrN2O2. The summed E-state index contributed by atoms with van der Waals surface area (Å²) in [5.41, 5.74) is 2.13. The third-order valence-corrected chi connectivity index (χ3v) is 3.38. The number of aromatic carboxylic acids is 1. The number of aromatic nitrogens is 2. The quantitative estimate of drug-likeness (QED) is 0.787. The number of carbonyl (C=O) groups is 1. The fourth-order valence-electron chi connectivity index (χ4n) is 1.95. The van der Waals surface area contributed by atoms with Crippen LogP contribution in [0, 0.1) is 0 Å². The average molecular weight is 317 g/mol. The van der Waals surface area contributed by atoms with Crippen LogP contribution < -0.4 is 0 Å². The van der Waals surface area contributed by atoms with Crippen molar-refractivity contribution in [3.05, 3.63) is 58.8 Å². The molecule has 1 N–H and O–H groups in total. The molecule has 0 aliphatic heterocycles. The van der Waals surface area contributed by atoms with Gasteiger partial charge < -0.3 is 5.11 Å². The molecule has 0 bridgehead atoms. The highest BCUT2D eigenvalue weighted by Crippen LogP contribution is 2.22. The van der Waals surface area contributed by atoms with Crippen molar-refractivity contribution in [1.29, 1.82) is 0 Å². The van der Waals surface area contributed by atoms with Crippen LogP contribution in [0.15, 0.2) is 53.3 Å². The molecule has 0 atom stereocenters. The van der Waals surface area contributed by atoms with Crippen molar-refractivity contribution in [3.63, 3.8) is 0 Å². The summed E-state index contributed by atoms with van der Waals surface area (Å²) in [7, 11) is 0. The smallest absolute Gasteiger partial charge is 0.335 e. The van der Waals surface area contributed by atoms with E-state index in [9.17, 15) is 4.79 Å². The molecule has 0 saturated heterocycles. The van der Waals surface area contributed by atoms with Crippen molar-refractivity contribution < 1.29 is 9.90 Å². The molecule has 0 spiro atoms. The molecule has 0 aliphatic rings. The van der Waals surface area contributed by atoms with Gasteiger partial charge in [-0.2, -0.15) is 0 Å². The van der Waals surface area contributed by atoms with Crippen molar-refractivity contribution >= 4 is 27.4 Å². The van der Waals surface area contributed by atoms with E-state index in [1.165, 1.54) is 0 Å². The topological polar surface area (TPSA) is 54.6 Å². The molecule has 3 aromatic rings. The fourth-order valence-corrected chi connectivity index (χ4v) is 2.30. The van der Waals surface area contributed by atoms with Gasteiger partial charge in [0, 0.05) is 16.2 Å². The summed E-state index contributed by atoms with van der Waals surface area (Å²) in [6, 6.07) is 10.6. The zero-order chi connectivity index (χ0) is 13.4. The third-order valence-electron chi connectivity index (χ3n) is 2.88. The van der Waals surface area contributed by atoms with Gasteiger partial charge in [-0.1, -0.05) is 28.1 Å². The van der Waals surface area contributed by atoms with E-state index in [2.05, 4.69) is 20.9 Å². The fraction of sp³-hybridized carbons (Fsp3) is 0. The molecule has 5 heteroatoms. The molecule has 0 aliphatic carbocycles. The van der Waals surface area contributed by atoms with Crippen molar-refractivity contribution in [2.24, 2.45) is 0 Å². The maximum absolute atomic E-state index is 10.8. The highest BCUT2D eigenvalue weighted by Gasteiger charge is 2.08. The van der Waals surface area contributed by atoms with Gasteiger partial charge in [0.2, 0.25) is 0 Å². The summed E-state index contributed by atoms with van der Waals surface area (Å²) < 4.78 is 2.95. The van der Waals surface area contributed by atoms with Crippen LogP contribution in [0.5, 0.6) is 0 Å². The Bertz CT molecular complexity index is 763. The lowest BCUT2D eigenvalue weighted by Gasteiger charge is -2.02. The van der Waals surface area contributed by atoms with Gasteiger partial charge in [-0.25, -0.2) is 9.78 Å². The van der Waals surface area contributed by atoms with Gasteiger partial charge in [0.1, 0.15) is 5.82 Å². The molecule has 0 unspecified atom stereocenters. The Morgan fingerprint density at radius 2 is 1.95 bits per heavy atom. The lowest BCUT2D eigenvalue weighted by Crippen LogP contribution is -1.96. The first-order valence-electron chi connectivity index (χ1n) is 5.61. The minimum atomic E-state index is -0.927. The van der Waals surface area contributed by atoms with Crippen molar-refractivity contribution in [1.82, 2.24) is 9.38 Å². The SMILES string of the molecule is O=C(O)c1ccc(-c2ncc3cc(Br)ccn23)cc1. The van der Waals surface area contributed by atoms with Gasteiger partial charge in [-0.05, 0) is 24.3 Å². The third kappa shape index (κ3) is 2.13. The van der Waals surface area contributed by atoms with Crippen LogP contribution in [0.3, 0.4) is 0 Å². The molecule has 0 radical (unpaired) electrons. The minimum absolute atomic E-state index is 0.271. The Hall–Kier alpha value is -2.14. The van der Waals surface area contributed by atoms with E-state index in [1.807, 2.05) is 22.7 Å². The predicted molar refractivity (Wildman–Crippen MR) is 75.3 cm³/mol. The van der Waals surface area contributed by atoms with Crippen LogP contribution in [0.4, 0.5) is 0 Å². The maximum Gasteiger partial charge on any atom is 0.335 e. The van der Waals surface area contributed by atoms with Crippen LogP contribution in [0.25, 0.3) is 16.9 Å². The number of benzene rings is 1. The van der Waals surface area contributed by atoms with Gasteiger partial charge in [0.15, 0.2) is 0 Å². The summed E-state index contributed by atoms with van der Waals surface area (Å²) in [6.45, 7) is 0. The summed E-state index contributed by atoms with van der Waals surface area (Å²) in [4.78, 5) is 15.2. The molecule has 2 heterocycles. The summed E-state index contributed by atoms with van der Waals surface area (Å²) in [5.74, 6) is -0.136. The molecule has 2 aromatic heterocycles. The largest absolute Gasteiger partial charge is 0.478 e. The van der Waals surface area contributed by atoms with Gasteiger partial charge in [-0.3, -0.25) is 4.40 Å². The Balaban J connectivity index is 2.11. The Labute approximate surface area is 117 Å². The molecule has 4 nitrogen and oxygen atoms in total. The summed E-state index contributed by atoms with van der Waals surface area (Å²) >= 11 is 3.42. The molecule has 0 fully saturated rings. The number of carboxylic acids is 1. The standard InChI is InChI=1S/C14H9BrN2O2/c15-11-5-6-17-12(7-11)8-16-13(17)9-1-3-10(4-2-9)14(18)19/h1-8H,(H,18,19). The molecule has 19 heavy (non-hydrogen) atoms. The summed E-state index contributed by atoms with van der Waals surface area (Å²) in [5, 5.41) is 8.88. The van der Waals surface area contributed by atoms with Crippen LogP contribution in [0.1, 0.15) is 10.4 Å². The number of hydrogen-bond donors (Lipinski definition) is 1. The predicted octanol–water partition coefficient (Wildman–Crippen LogP) is 3.46. The van der Waals surface area contributed by atoms with E-state index in [1.54, 1.807) is 30.5 Å². The number of nitrogens with zero attached hydrogens (tertiary/aromatic N) is 2. The van der Waals surface area contributed by atoms with E-state index in [0.29, 0.717) is 0 Å². The number of fused-ring (bicyclic) bond motifs is 1. The second-order valence-corrected chi connectivity index (χ2v) is 5.02. The van der Waals surface area contributed by atoms with Crippen LogP contribution in [0.2, 0.25) is 0 Å². The van der Waals surface area contributed by atoms with Gasteiger partial charge in [0.05, 0.1) is 17.3 Å². The van der Waals surface area contributed by atoms with Gasteiger partial charge in [-0.15, -0.1) is 0 Å². The zero-order valence-corrected chi connectivity index (χ0v) is 11.3. The molecule has 0 saturated carbocycles. The van der Waals surface area contributed by atoms with E-state index in [0.717, 1.165) is 21.4 Å². The van der Waals surface area contributed by atoms with Crippen molar-refractivity contribution in [3.8, 4) is 11.4 Å². The number of rotatable bonds is 2.